The number of phenolic OH excluding ortho intramolecular Hbond substituents is 2. The van der Waals surface area contributed by atoms with E-state index in [1.165, 1.54) is 24.0 Å². The summed E-state index contributed by atoms with van der Waals surface area (Å²) >= 11 is 1.33. The monoisotopic (exact) mass is 408 g/mol. The lowest BCUT2D eigenvalue weighted by Gasteiger charge is -2.26. The SMILES string of the molecule is O=c1c(-c2nc3c(O)cccc3s2)coc2c(CN3CCCCC3)c(O)ccc12. The zero-order chi connectivity index (χ0) is 20.0. The number of benzene rings is 2. The molecule has 1 aliphatic heterocycles. The Morgan fingerprint density at radius 1 is 1.07 bits per heavy atom. The number of aromatic hydroxyl groups is 2. The summed E-state index contributed by atoms with van der Waals surface area (Å²) in [6, 6.07) is 8.34. The normalized spacial score (nSPS) is 15.3. The van der Waals surface area contributed by atoms with Gasteiger partial charge in [0.05, 0.1) is 21.2 Å². The Bertz CT molecular complexity index is 1270. The molecule has 6 nitrogen and oxygen atoms in total. The molecule has 1 saturated heterocycles. The van der Waals surface area contributed by atoms with Crippen LogP contribution in [0.5, 0.6) is 11.5 Å². The van der Waals surface area contributed by atoms with Crippen molar-refractivity contribution in [2.75, 3.05) is 13.1 Å². The van der Waals surface area contributed by atoms with Crippen LogP contribution in [0.2, 0.25) is 0 Å². The van der Waals surface area contributed by atoms with Gasteiger partial charge in [-0.1, -0.05) is 12.5 Å². The number of piperidine rings is 1. The lowest BCUT2D eigenvalue weighted by Crippen LogP contribution is -2.29. The molecule has 0 aliphatic carbocycles. The van der Waals surface area contributed by atoms with Crippen molar-refractivity contribution < 1.29 is 14.6 Å². The molecule has 5 rings (SSSR count). The van der Waals surface area contributed by atoms with E-state index in [1.54, 1.807) is 24.3 Å². The molecule has 4 aromatic rings. The Balaban J connectivity index is 1.62. The highest BCUT2D eigenvalue weighted by atomic mass is 32.1. The van der Waals surface area contributed by atoms with Crippen molar-refractivity contribution in [3.05, 3.63) is 52.4 Å². The van der Waals surface area contributed by atoms with Gasteiger partial charge in [0.1, 0.15) is 33.9 Å². The van der Waals surface area contributed by atoms with Gasteiger partial charge in [0.25, 0.3) is 0 Å². The maximum absolute atomic E-state index is 13.2. The van der Waals surface area contributed by atoms with Gasteiger partial charge in [-0.3, -0.25) is 9.69 Å². The maximum Gasteiger partial charge on any atom is 0.202 e. The summed E-state index contributed by atoms with van der Waals surface area (Å²) in [7, 11) is 0. The average Bonchev–Trinajstić information content (AvgIpc) is 3.16. The van der Waals surface area contributed by atoms with Gasteiger partial charge in [0, 0.05) is 6.54 Å². The van der Waals surface area contributed by atoms with Gasteiger partial charge in [-0.15, -0.1) is 11.3 Å². The number of fused-ring (bicyclic) bond motifs is 2. The van der Waals surface area contributed by atoms with Crippen LogP contribution >= 0.6 is 11.3 Å². The molecule has 7 heteroatoms. The highest BCUT2D eigenvalue weighted by Crippen LogP contribution is 2.35. The van der Waals surface area contributed by atoms with Crippen molar-refractivity contribution in [3.8, 4) is 22.1 Å². The molecule has 0 saturated carbocycles. The zero-order valence-electron chi connectivity index (χ0n) is 15.7. The molecule has 0 bridgehead atoms. The van der Waals surface area contributed by atoms with E-state index in [-0.39, 0.29) is 16.9 Å². The molecule has 0 amide bonds. The van der Waals surface area contributed by atoms with Gasteiger partial charge in [0.2, 0.25) is 5.43 Å². The topological polar surface area (TPSA) is 86.8 Å². The Morgan fingerprint density at radius 2 is 1.90 bits per heavy atom. The molecule has 2 aromatic carbocycles. The molecule has 3 heterocycles. The molecule has 0 radical (unpaired) electrons. The first-order chi connectivity index (χ1) is 14.1. The van der Waals surface area contributed by atoms with E-state index < -0.39 is 0 Å². The van der Waals surface area contributed by atoms with E-state index in [1.807, 2.05) is 6.07 Å². The van der Waals surface area contributed by atoms with Gasteiger partial charge in [0.15, 0.2) is 0 Å². The van der Waals surface area contributed by atoms with Crippen molar-refractivity contribution in [1.29, 1.82) is 0 Å². The van der Waals surface area contributed by atoms with Crippen LogP contribution in [0.3, 0.4) is 0 Å². The third-order valence-electron chi connectivity index (χ3n) is 5.48. The van der Waals surface area contributed by atoms with Gasteiger partial charge in [-0.2, -0.15) is 0 Å². The van der Waals surface area contributed by atoms with Crippen molar-refractivity contribution in [3.63, 3.8) is 0 Å². The smallest absolute Gasteiger partial charge is 0.202 e. The fraction of sp³-hybridized carbons (Fsp3) is 0.273. The minimum absolute atomic E-state index is 0.0870. The lowest BCUT2D eigenvalue weighted by molar-refractivity contribution is 0.218. The van der Waals surface area contributed by atoms with Crippen molar-refractivity contribution in [2.45, 2.75) is 25.8 Å². The van der Waals surface area contributed by atoms with Crippen LogP contribution < -0.4 is 5.43 Å². The van der Waals surface area contributed by atoms with Gasteiger partial charge < -0.3 is 14.6 Å². The number of aromatic nitrogens is 1. The third-order valence-corrected chi connectivity index (χ3v) is 6.53. The van der Waals surface area contributed by atoms with Gasteiger partial charge in [-0.05, 0) is 50.2 Å². The number of hydrogen-bond donors (Lipinski definition) is 2. The molecule has 0 unspecified atom stereocenters. The van der Waals surface area contributed by atoms with Crippen LogP contribution in [0.25, 0.3) is 31.8 Å². The second-order valence-electron chi connectivity index (χ2n) is 7.40. The molecule has 0 spiro atoms. The molecule has 0 atom stereocenters. The van der Waals surface area contributed by atoms with Crippen molar-refractivity contribution in [1.82, 2.24) is 9.88 Å². The lowest BCUT2D eigenvalue weighted by atomic mass is 10.1. The average molecular weight is 408 g/mol. The highest BCUT2D eigenvalue weighted by Gasteiger charge is 2.20. The number of hydrogen-bond acceptors (Lipinski definition) is 7. The predicted molar refractivity (Wildman–Crippen MR) is 114 cm³/mol. The Hall–Kier alpha value is -2.90. The predicted octanol–water partition coefficient (Wildman–Crippen LogP) is 4.47. The van der Waals surface area contributed by atoms with Gasteiger partial charge >= 0.3 is 0 Å². The maximum atomic E-state index is 13.2. The van der Waals surface area contributed by atoms with E-state index in [4.69, 9.17) is 4.42 Å². The Labute approximate surface area is 170 Å². The Kier molecular flexibility index (Phi) is 4.49. The quantitative estimate of drug-likeness (QED) is 0.520. The first-order valence-corrected chi connectivity index (χ1v) is 10.5. The fourth-order valence-electron chi connectivity index (χ4n) is 3.94. The van der Waals surface area contributed by atoms with E-state index >= 15 is 0 Å². The first-order valence-electron chi connectivity index (χ1n) is 9.69. The fourth-order valence-corrected chi connectivity index (χ4v) is 4.93. The number of para-hydroxylation sites is 1. The number of nitrogens with zero attached hydrogens (tertiary/aromatic N) is 2. The van der Waals surface area contributed by atoms with Crippen molar-refractivity contribution >= 4 is 32.5 Å². The summed E-state index contributed by atoms with van der Waals surface area (Å²) in [5.41, 5.74) is 1.71. The van der Waals surface area contributed by atoms with Crippen LogP contribution in [0.1, 0.15) is 24.8 Å². The van der Waals surface area contributed by atoms with E-state index in [9.17, 15) is 15.0 Å². The molecular formula is C22H20N2O4S. The Morgan fingerprint density at radius 3 is 2.69 bits per heavy atom. The second kappa shape index (κ2) is 7.17. The molecule has 2 N–H and O–H groups in total. The molecule has 1 fully saturated rings. The molecule has 148 valence electrons. The minimum Gasteiger partial charge on any atom is -0.507 e. The minimum atomic E-state index is -0.190. The first kappa shape index (κ1) is 18.1. The van der Waals surface area contributed by atoms with Crippen LogP contribution in [0, 0.1) is 0 Å². The van der Waals surface area contributed by atoms with Crippen LogP contribution in [0.4, 0.5) is 0 Å². The standard InChI is InChI=1S/C22H20N2O4S/c25-16-8-7-13-20(27)15(22-23-19-17(26)5-4-6-18(19)29-22)12-28-21(13)14(16)11-24-9-2-1-3-10-24/h4-8,12,25-26H,1-3,9-11H2. The number of phenols is 2. The summed E-state index contributed by atoms with van der Waals surface area (Å²) in [5.74, 6) is 0.229. The molecule has 29 heavy (non-hydrogen) atoms. The highest BCUT2D eigenvalue weighted by molar-refractivity contribution is 7.21. The third kappa shape index (κ3) is 3.16. The second-order valence-corrected chi connectivity index (χ2v) is 8.43. The van der Waals surface area contributed by atoms with Gasteiger partial charge in [-0.25, -0.2) is 4.98 Å². The molecular weight excluding hydrogens is 388 g/mol. The molecule has 2 aromatic heterocycles. The van der Waals surface area contributed by atoms with Crippen LogP contribution in [0.15, 0.2) is 45.8 Å². The van der Waals surface area contributed by atoms with Crippen LogP contribution in [-0.4, -0.2) is 33.2 Å². The molecule has 1 aliphatic rings. The van der Waals surface area contributed by atoms with E-state index in [0.29, 0.717) is 39.2 Å². The summed E-state index contributed by atoms with van der Waals surface area (Å²) < 4.78 is 6.68. The summed E-state index contributed by atoms with van der Waals surface area (Å²) in [5, 5.41) is 21.4. The number of thiazole rings is 1. The zero-order valence-corrected chi connectivity index (χ0v) is 16.5. The van der Waals surface area contributed by atoms with E-state index in [2.05, 4.69) is 9.88 Å². The summed E-state index contributed by atoms with van der Waals surface area (Å²) in [4.78, 5) is 19.9. The largest absolute Gasteiger partial charge is 0.507 e. The summed E-state index contributed by atoms with van der Waals surface area (Å²) in [6.07, 6.45) is 4.93. The number of likely N-dealkylation sites (tertiary alicyclic amines) is 1. The van der Waals surface area contributed by atoms with Crippen LogP contribution in [-0.2, 0) is 6.54 Å². The van der Waals surface area contributed by atoms with E-state index in [0.717, 1.165) is 30.6 Å². The summed E-state index contributed by atoms with van der Waals surface area (Å²) in [6.45, 7) is 2.52. The number of rotatable bonds is 3. The van der Waals surface area contributed by atoms with Crippen molar-refractivity contribution in [2.24, 2.45) is 0 Å².